The lowest BCUT2D eigenvalue weighted by atomic mass is 9.97. The third kappa shape index (κ3) is 4.35. The number of likely N-dealkylation sites (tertiary alicyclic amines) is 1. The molecular formula is C19H25N5O2. The number of carbonyl (C=O) groups is 1. The molecule has 0 aromatic carbocycles. The molecule has 0 saturated carbocycles. The number of amides is 1. The van der Waals surface area contributed by atoms with Gasteiger partial charge in [0.2, 0.25) is 5.91 Å². The van der Waals surface area contributed by atoms with E-state index in [0.29, 0.717) is 6.54 Å². The summed E-state index contributed by atoms with van der Waals surface area (Å²) >= 11 is 0. The summed E-state index contributed by atoms with van der Waals surface area (Å²) in [4.78, 5) is 27.7. The van der Waals surface area contributed by atoms with Crippen molar-refractivity contribution in [2.45, 2.75) is 32.6 Å². The van der Waals surface area contributed by atoms with E-state index in [9.17, 15) is 4.79 Å². The molecule has 1 fully saturated rings. The van der Waals surface area contributed by atoms with E-state index in [1.807, 2.05) is 36.9 Å². The second-order valence-corrected chi connectivity index (χ2v) is 6.66. The maximum atomic E-state index is 12.1. The Hall–Kier alpha value is -2.54. The third-order valence-electron chi connectivity index (χ3n) is 4.53. The number of aromatic nitrogens is 3. The minimum Gasteiger partial charge on any atom is -0.375 e. The van der Waals surface area contributed by atoms with Crippen LogP contribution < -0.4 is 5.32 Å². The molecule has 7 heteroatoms. The molecule has 7 nitrogen and oxygen atoms in total. The number of nitrogens with one attached hydrogen (secondary N) is 1. The number of rotatable bonds is 5. The average molecular weight is 355 g/mol. The van der Waals surface area contributed by atoms with E-state index >= 15 is 0 Å². The van der Waals surface area contributed by atoms with Crippen LogP contribution in [-0.4, -0.2) is 52.6 Å². The standard InChI is InChI=1S/C19H25N5O2/c1-13-6-4-8-20-18(13)22-16-10-14(2)21-19(23-16)15-7-5-9-24(11-15)17(25)12-26-3/h4,6,8,10,15H,5,7,9,11-12H2,1-3H3,(H,20,21,22,23). The monoisotopic (exact) mass is 355 g/mol. The molecule has 1 unspecified atom stereocenters. The molecule has 0 radical (unpaired) electrons. The molecular weight excluding hydrogens is 330 g/mol. The molecule has 1 saturated heterocycles. The van der Waals surface area contributed by atoms with Gasteiger partial charge in [-0.15, -0.1) is 0 Å². The highest BCUT2D eigenvalue weighted by atomic mass is 16.5. The summed E-state index contributed by atoms with van der Waals surface area (Å²) in [5.74, 6) is 2.45. The number of anilines is 2. The van der Waals surface area contributed by atoms with Gasteiger partial charge < -0.3 is 15.0 Å². The molecule has 0 aliphatic carbocycles. The van der Waals surface area contributed by atoms with Crippen LogP contribution in [0.25, 0.3) is 0 Å². The number of ether oxygens (including phenoxy) is 1. The van der Waals surface area contributed by atoms with E-state index < -0.39 is 0 Å². The van der Waals surface area contributed by atoms with Crippen LogP contribution in [0.4, 0.5) is 11.6 Å². The predicted molar refractivity (Wildman–Crippen MR) is 99.5 cm³/mol. The maximum Gasteiger partial charge on any atom is 0.248 e. The first-order valence-electron chi connectivity index (χ1n) is 8.87. The molecule has 3 heterocycles. The van der Waals surface area contributed by atoms with E-state index in [4.69, 9.17) is 9.72 Å². The van der Waals surface area contributed by atoms with Crippen LogP contribution >= 0.6 is 0 Å². The van der Waals surface area contributed by atoms with Crippen molar-refractivity contribution in [1.82, 2.24) is 19.9 Å². The molecule has 2 aromatic heterocycles. The predicted octanol–water partition coefficient (Wildman–Crippen LogP) is 2.58. The summed E-state index contributed by atoms with van der Waals surface area (Å²) in [7, 11) is 1.54. The minimum atomic E-state index is 0.0207. The molecule has 2 aromatic rings. The Morgan fingerprint density at radius 1 is 1.38 bits per heavy atom. The van der Waals surface area contributed by atoms with Gasteiger partial charge >= 0.3 is 0 Å². The van der Waals surface area contributed by atoms with E-state index in [1.165, 1.54) is 0 Å². The molecule has 0 spiro atoms. The molecule has 0 bridgehead atoms. The van der Waals surface area contributed by atoms with Crippen molar-refractivity contribution in [2.75, 3.05) is 32.1 Å². The van der Waals surface area contributed by atoms with Crippen LogP contribution in [-0.2, 0) is 9.53 Å². The molecule has 1 N–H and O–H groups in total. The summed E-state index contributed by atoms with van der Waals surface area (Å²) < 4.78 is 4.97. The van der Waals surface area contributed by atoms with Gasteiger partial charge in [0.1, 0.15) is 24.1 Å². The van der Waals surface area contributed by atoms with Gasteiger partial charge in [-0.1, -0.05) is 6.07 Å². The third-order valence-corrected chi connectivity index (χ3v) is 4.53. The molecule has 1 amide bonds. The number of aryl methyl sites for hydroxylation is 2. The molecule has 138 valence electrons. The average Bonchev–Trinajstić information content (AvgIpc) is 2.63. The topological polar surface area (TPSA) is 80.2 Å². The van der Waals surface area contributed by atoms with Crippen LogP contribution in [0, 0.1) is 13.8 Å². The SMILES string of the molecule is COCC(=O)N1CCCC(c2nc(C)cc(Nc3ncccc3C)n2)C1. The number of piperidine rings is 1. The Bertz CT molecular complexity index is 780. The smallest absolute Gasteiger partial charge is 0.248 e. The highest BCUT2D eigenvalue weighted by Crippen LogP contribution is 2.26. The zero-order valence-corrected chi connectivity index (χ0v) is 15.5. The van der Waals surface area contributed by atoms with E-state index in [-0.39, 0.29) is 18.4 Å². The van der Waals surface area contributed by atoms with Gasteiger partial charge in [-0.05, 0) is 38.3 Å². The van der Waals surface area contributed by atoms with Gasteiger partial charge in [0.15, 0.2) is 0 Å². The Morgan fingerprint density at radius 2 is 2.23 bits per heavy atom. The highest BCUT2D eigenvalue weighted by molar-refractivity contribution is 5.77. The number of methoxy groups -OCH3 is 1. The number of nitrogens with zero attached hydrogens (tertiary/aromatic N) is 4. The maximum absolute atomic E-state index is 12.1. The summed E-state index contributed by atoms with van der Waals surface area (Å²) in [6.07, 6.45) is 3.67. The lowest BCUT2D eigenvalue weighted by molar-refractivity contribution is -0.136. The molecule has 3 rings (SSSR count). The van der Waals surface area contributed by atoms with Gasteiger partial charge in [-0.3, -0.25) is 4.79 Å². The van der Waals surface area contributed by atoms with Crippen molar-refractivity contribution in [1.29, 1.82) is 0 Å². The van der Waals surface area contributed by atoms with Crippen LogP contribution in [0.3, 0.4) is 0 Å². The number of carbonyl (C=O) groups excluding carboxylic acids is 1. The normalized spacial score (nSPS) is 17.2. The van der Waals surface area contributed by atoms with Crippen molar-refractivity contribution in [2.24, 2.45) is 0 Å². The van der Waals surface area contributed by atoms with E-state index in [1.54, 1.807) is 13.3 Å². The van der Waals surface area contributed by atoms with Crippen LogP contribution in [0.5, 0.6) is 0 Å². The van der Waals surface area contributed by atoms with E-state index in [2.05, 4.69) is 15.3 Å². The summed E-state index contributed by atoms with van der Waals surface area (Å²) in [5.41, 5.74) is 1.95. The Labute approximate surface area is 153 Å². The van der Waals surface area contributed by atoms with Crippen LogP contribution in [0.15, 0.2) is 24.4 Å². The lowest BCUT2D eigenvalue weighted by Crippen LogP contribution is -2.41. The quantitative estimate of drug-likeness (QED) is 0.888. The van der Waals surface area contributed by atoms with Gasteiger partial charge in [-0.25, -0.2) is 15.0 Å². The largest absolute Gasteiger partial charge is 0.375 e. The highest BCUT2D eigenvalue weighted by Gasteiger charge is 2.26. The van der Waals surface area contributed by atoms with Crippen molar-refractivity contribution in [3.8, 4) is 0 Å². The zero-order chi connectivity index (χ0) is 18.5. The van der Waals surface area contributed by atoms with Gasteiger partial charge in [-0.2, -0.15) is 0 Å². The van der Waals surface area contributed by atoms with Gasteiger partial charge in [0.05, 0.1) is 0 Å². The van der Waals surface area contributed by atoms with E-state index in [0.717, 1.165) is 48.1 Å². The Balaban J connectivity index is 1.79. The number of pyridine rings is 1. The zero-order valence-electron chi connectivity index (χ0n) is 15.5. The Morgan fingerprint density at radius 3 is 3.00 bits per heavy atom. The Kier molecular flexibility index (Phi) is 5.78. The fourth-order valence-corrected chi connectivity index (χ4v) is 3.21. The minimum absolute atomic E-state index is 0.0207. The molecule has 26 heavy (non-hydrogen) atoms. The fourth-order valence-electron chi connectivity index (χ4n) is 3.21. The second kappa shape index (κ2) is 8.23. The van der Waals surface area contributed by atoms with Crippen LogP contribution in [0.2, 0.25) is 0 Å². The van der Waals surface area contributed by atoms with Gasteiger partial charge in [0, 0.05) is 44.1 Å². The van der Waals surface area contributed by atoms with Crippen molar-refractivity contribution in [3.05, 3.63) is 41.5 Å². The second-order valence-electron chi connectivity index (χ2n) is 6.66. The molecule has 1 aliphatic rings. The first kappa shape index (κ1) is 18.3. The molecule has 1 aliphatic heterocycles. The summed E-state index contributed by atoms with van der Waals surface area (Å²) in [6, 6.07) is 5.82. The fraction of sp³-hybridized carbons (Fsp3) is 0.474. The summed E-state index contributed by atoms with van der Waals surface area (Å²) in [6.45, 7) is 5.48. The summed E-state index contributed by atoms with van der Waals surface area (Å²) in [5, 5.41) is 3.28. The van der Waals surface area contributed by atoms with Crippen molar-refractivity contribution in [3.63, 3.8) is 0 Å². The molecule has 1 atom stereocenters. The number of hydrogen-bond donors (Lipinski definition) is 1. The number of hydrogen-bond acceptors (Lipinski definition) is 6. The first-order chi connectivity index (χ1) is 12.6. The van der Waals surface area contributed by atoms with Crippen LogP contribution in [0.1, 0.15) is 35.8 Å². The van der Waals surface area contributed by atoms with Gasteiger partial charge in [0.25, 0.3) is 0 Å². The van der Waals surface area contributed by atoms with Crippen molar-refractivity contribution < 1.29 is 9.53 Å². The first-order valence-corrected chi connectivity index (χ1v) is 8.87. The van der Waals surface area contributed by atoms with Crippen molar-refractivity contribution >= 4 is 17.5 Å². The lowest BCUT2D eigenvalue weighted by Gasteiger charge is -2.32.